The summed E-state index contributed by atoms with van der Waals surface area (Å²) in [6.07, 6.45) is 3.25. The molecule has 6 nitrogen and oxygen atoms in total. The van der Waals surface area contributed by atoms with E-state index in [4.69, 9.17) is 4.74 Å². The molecule has 0 N–H and O–H groups in total. The third-order valence-corrected chi connectivity index (χ3v) is 4.18. The van der Waals surface area contributed by atoms with Crippen molar-refractivity contribution in [1.82, 2.24) is 4.90 Å². The highest BCUT2D eigenvalue weighted by Crippen LogP contribution is 2.34. The van der Waals surface area contributed by atoms with Crippen molar-refractivity contribution >= 4 is 35.0 Å². The predicted octanol–water partition coefficient (Wildman–Crippen LogP) is 2.85. The van der Waals surface area contributed by atoms with Gasteiger partial charge in [-0.25, -0.2) is 4.79 Å². The largest absolute Gasteiger partial charge is 0.490 e. The zero-order chi connectivity index (χ0) is 17.7. The molecule has 0 radical (unpaired) electrons. The molecule has 0 bridgehead atoms. The number of thioether (sulfide) groups is 1. The van der Waals surface area contributed by atoms with Gasteiger partial charge in [-0.3, -0.25) is 14.5 Å². The van der Waals surface area contributed by atoms with Crippen LogP contribution in [0.25, 0.3) is 6.08 Å². The molecule has 1 heterocycles. The van der Waals surface area contributed by atoms with Crippen LogP contribution >= 0.6 is 11.8 Å². The van der Waals surface area contributed by atoms with E-state index >= 15 is 0 Å². The van der Waals surface area contributed by atoms with E-state index < -0.39 is 23.2 Å². The number of esters is 1. The highest BCUT2D eigenvalue weighted by Gasteiger charge is 2.41. The molecule has 1 fully saturated rings. The quantitative estimate of drug-likeness (QED) is 0.448. The van der Waals surface area contributed by atoms with Crippen molar-refractivity contribution in [3.05, 3.63) is 47.4 Å². The first-order valence-electron chi connectivity index (χ1n) is 7.16. The van der Waals surface area contributed by atoms with Crippen LogP contribution in [0.1, 0.15) is 12.5 Å². The van der Waals surface area contributed by atoms with Gasteiger partial charge in [0.2, 0.25) is 0 Å². The summed E-state index contributed by atoms with van der Waals surface area (Å²) in [5, 5.41) is -0.491. The normalized spacial score (nSPS) is 17.1. The molecule has 1 aromatic rings. The number of methoxy groups -OCH3 is 1. The third kappa shape index (κ3) is 3.86. The molecule has 2 rings (SSSR count). The smallest absolute Gasteiger partial charge is 0.328 e. The van der Waals surface area contributed by atoms with Gasteiger partial charge in [-0.2, -0.15) is 0 Å². The summed E-state index contributed by atoms with van der Waals surface area (Å²) in [6, 6.07) is 6.11. The number of carbonyl (C=O) groups excluding carboxylic acids is 3. The Hall–Kier alpha value is -2.54. The van der Waals surface area contributed by atoms with Gasteiger partial charge in [0.25, 0.3) is 11.1 Å². The summed E-state index contributed by atoms with van der Waals surface area (Å²) in [7, 11) is 1.21. The molecule has 0 aliphatic carbocycles. The lowest BCUT2D eigenvalue weighted by Crippen LogP contribution is -2.42. The molecule has 7 heteroatoms. The van der Waals surface area contributed by atoms with Crippen LogP contribution in [-0.4, -0.2) is 41.8 Å². The second-order valence-corrected chi connectivity index (χ2v) is 5.91. The maximum absolute atomic E-state index is 12.4. The van der Waals surface area contributed by atoms with E-state index in [0.717, 1.165) is 22.2 Å². The van der Waals surface area contributed by atoms with E-state index in [9.17, 15) is 14.4 Å². The first-order valence-corrected chi connectivity index (χ1v) is 7.98. The van der Waals surface area contributed by atoms with Gasteiger partial charge in [-0.15, -0.1) is 0 Å². The standard InChI is InChI=1S/C17H17NO5S/c1-4-9-23-13-7-5-12(6-8-13)10-14-15(19)18(17(21)24-14)11(2)16(20)22-3/h4-8,10-11H,1,9H2,2-3H3. The van der Waals surface area contributed by atoms with Crippen molar-refractivity contribution in [2.45, 2.75) is 13.0 Å². The molecule has 0 saturated carbocycles. The number of carbonyl (C=O) groups is 3. The molecule has 126 valence electrons. The summed E-state index contributed by atoms with van der Waals surface area (Å²) in [5.41, 5.74) is 0.747. The van der Waals surface area contributed by atoms with E-state index in [1.165, 1.54) is 14.0 Å². The van der Waals surface area contributed by atoms with Gasteiger partial charge in [0.15, 0.2) is 0 Å². The lowest BCUT2D eigenvalue weighted by atomic mass is 10.2. The van der Waals surface area contributed by atoms with Gasteiger partial charge in [-0.05, 0) is 42.5 Å². The van der Waals surface area contributed by atoms with Crippen molar-refractivity contribution in [3.8, 4) is 5.75 Å². The molecule has 2 amide bonds. The zero-order valence-electron chi connectivity index (χ0n) is 13.4. The van der Waals surface area contributed by atoms with E-state index in [1.807, 2.05) is 0 Å². The SMILES string of the molecule is C=CCOc1ccc(C=C2SC(=O)N(C(C)C(=O)OC)C2=O)cc1. The molecule has 1 unspecified atom stereocenters. The van der Waals surface area contributed by atoms with Gasteiger partial charge in [0, 0.05) is 0 Å². The third-order valence-electron chi connectivity index (χ3n) is 3.30. The minimum atomic E-state index is -0.955. The van der Waals surface area contributed by atoms with Crippen LogP contribution in [0.2, 0.25) is 0 Å². The lowest BCUT2D eigenvalue weighted by Gasteiger charge is -2.18. The fraction of sp³-hybridized carbons (Fsp3) is 0.235. The number of ether oxygens (including phenoxy) is 2. The lowest BCUT2D eigenvalue weighted by molar-refractivity contribution is -0.148. The maximum atomic E-state index is 12.4. The number of benzene rings is 1. The number of hydrogen-bond donors (Lipinski definition) is 0. The Kier molecular flexibility index (Phi) is 5.81. The molecular weight excluding hydrogens is 330 g/mol. The first kappa shape index (κ1) is 17.8. The van der Waals surface area contributed by atoms with Crippen LogP contribution < -0.4 is 4.74 Å². The van der Waals surface area contributed by atoms with Crippen LogP contribution in [0.4, 0.5) is 4.79 Å². The number of imide groups is 1. The maximum Gasteiger partial charge on any atom is 0.328 e. The van der Waals surface area contributed by atoms with Crippen molar-refractivity contribution in [2.24, 2.45) is 0 Å². The molecule has 1 saturated heterocycles. The van der Waals surface area contributed by atoms with Gasteiger partial charge in [0.05, 0.1) is 12.0 Å². The predicted molar refractivity (Wildman–Crippen MR) is 91.4 cm³/mol. The van der Waals surface area contributed by atoms with Crippen LogP contribution in [0, 0.1) is 0 Å². The second kappa shape index (κ2) is 7.83. The molecule has 1 aliphatic rings. The molecule has 0 spiro atoms. The Morgan fingerprint density at radius 1 is 1.33 bits per heavy atom. The topological polar surface area (TPSA) is 72.9 Å². The average molecular weight is 347 g/mol. The fourth-order valence-corrected chi connectivity index (χ4v) is 2.96. The van der Waals surface area contributed by atoms with Crippen molar-refractivity contribution in [2.75, 3.05) is 13.7 Å². The number of hydrogen-bond acceptors (Lipinski definition) is 6. The Bertz CT molecular complexity index is 695. The minimum absolute atomic E-state index is 0.260. The Morgan fingerprint density at radius 2 is 2.00 bits per heavy atom. The Labute approximate surface area is 144 Å². The minimum Gasteiger partial charge on any atom is -0.490 e. The van der Waals surface area contributed by atoms with Crippen molar-refractivity contribution in [1.29, 1.82) is 0 Å². The molecule has 1 aliphatic heterocycles. The van der Waals surface area contributed by atoms with Gasteiger partial charge >= 0.3 is 5.97 Å². The summed E-state index contributed by atoms with van der Waals surface area (Å²) in [6.45, 7) is 5.43. The molecule has 1 atom stereocenters. The molecule has 0 aromatic heterocycles. The van der Waals surface area contributed by atoms with Crippen molar-refractivity contribution in [3.63, 3.8) is 0 Å². The second-order valence-electron chi connectivity index (χ2n) is 4.92. The highest BCUT2D eigenvalue weighted by atomic mass is 32.2. The Morgan fingerprint density at radius 3 is 2.58 bits per heavy atom. The average Bonchev–Trinajstić information content (AvgIpc) is 2.86. The summed E-state index contributed by atoms with van der Waals surface area (Å²) >= 11 is 0.797. The van der Waals surface area contributed by atoms with Gasteiger partial charge < -0.3 is 9.47 Å². The fourth-order valence-electron chi connectivity index (χ4n) is 2.06. The van der Waals surface area contributed by atoms with Crippen LogP contribution in [0.5, 0.6) is 5.75 Å². The number of rotatable bonds is 6. The molecular formula is C17H17NO5S. The highest BCUT2D eigenvalue weighted by molar-refractivity contribution is 8.18. The van der Waals surface area contributed by atoms with Crippen LogP contribution in [-0.2, 0) is 14.3 Å². The summed E-state index contributed by atoms with van der Waals surface area (Å²) < 4.78 is 9.97. The van der Waals surface area contributed by atoms with Crippen LogP contribution in [0.15, 0.2) is 41.8 Å². The van der Waals surface area contributed by atoms with E-state index in [1.54, 1.807) is 36.4 Å². The summed E-state index contributed by atoms with van der Waals surface area (Å²) in [4.78, 5) is 37.1. The van der Waals surface area contributed by atoms with Gasteiger partial charge in [-0.1, -0.05) is 24.8 Å². The zero-order valence-corrected chi connectivity index (χ0v) is 14.2. The summed E-state index contributed by atoms with van der Waals surface area (Å²) in [5.74, 6) is -0.461. The van der Waals surface area contributed by atoms with E-state index in [0.29, 0.717) is 12.4 Å². The van der Waals surface area contributed by atoms with E-state index in [-0.39, 0.29) is 4.91 Å². The Balaban J connectivity index is 2.16. The van der Waals surface area contributed by atoms with Crippen molar-refractivity contribution < 1.29 is 23.9 Å². The monoisotopic (exact) mass is 347 g/mol. The first-order chi connectivity index (χ1) is 11.5. The molecule has 24 heavy (non-hydrogen) atoms. The van der Waals surface area contributed by atoms with Crippen LogP contribution in [0.3, 0.4) is 0 Å². The number of nitrogens with zero attached hydrogens (tertiary/aromatic N) is 1. The van der Waals surface area contributed by atoms with E-state index in [2.05, 4.69) is 11.3 Å². The molecule has 1 aromatic carbocycles. The van der Waals surface area contributed by atoms with Gasteiger partial charge in [0.1, 0.15) is 18.4 Å². The number of amides is 2.